The zero-order valence-corrected chi connectivity index (χ0v) is 28.0. The summed E-state index contributed by atoms with van der Waals surface area (Å²) in [5, 5.41) is 8.66. The Morgan fingerprint density at radius 1 is 1.12 bits per heavy atom. The number of rotatable bonds is 5. The highest BCUT2D eigenvalue weighted by Crippen LogP contribution is 2.44. The van der Waals surface area contributed by atoms with Gasteiger partial charge >= 0.3 is 16.3 Å². The van der Waals surface area contributed by atoms with E-state index in [4.69, 9.17) is 26.3 Å². The summed E-state index contributed by atoms with van der Waals surface area (Å²) in [5.74, 6) is 0.574. The van der Waals surface area contributed by atoms with Crippen LogP contribution < -0.4 is 10.2 Å². The van der Waals surface area contributed by atoms with Gasteiger partial charge in [-0.2, -0.15) is 17.8 Å². The maximum Gasteiger partial charge on any atom is 0.407 e. The fourth-order valence-electron chi connectivity index (χ4n) is 6.19. The molecule has 0 spiro atoms. The number of nitrogens with one attached hydrogen (secondary N) is 1. The van der Waals surface area contributed by atoms with Crippen molar-refractivity contribution >= 4 is 71.7 Å². The quantitative estimate of drug-likeness (QED) is 0.307. The van der Waals surface area contributed by atoms with Crippen molar-refractivity contribution < 1.29 is 17.9 Å². The zero-order valence-electron chi connectivity index (χ0n) is 24.8. The standard InChI is InChI=1S/C28H34BrClN8O4S/c1-28(2,3)42-27(39)31-15-11-16-7-8-17(12-15)38(16)26-24(29)32-23-19(14-37(25(23)33-26)43(40,41)35(4)5)18-9-10-21-20(22(18)30)13-36(6)34-21/h9-10,13-17H,7-8,11-12H2,1-6H3,(H,31,39). The van der Waals surface area contributed by atoms with Crippen LogP contribution in [0.25, 0.3) is 33.2 Å². The molecule has 12 nitrogen and oxygen atoms in total. The molecule has 2 atom stereocenters. The number of hydrogen-bond acceptors (Lipinski definition) is 8. The van der Waals surface area contributed by atoms with E-state index in [2.05, 4.69) is 31.2 Å². The third-order valence-corrected chi connectivity index (χ3v) is 10.6. The van der Waals surface area contributed by atoms with Crippen LogP contribution >= 0.6 is 27.5 Å². The molecule has 2 fully saturated rings. The number of carbonyl (C=O) groups is 1. The molecule has 2 unspecified atom stereocenters. The third-order valence-electron chi connectivity index (χ3n) is 7.97. The van der Waals surface area contributed by atoms with Crippen LogP contribution in [0.3, 0.4) is 0 Å². The molecular formula is C28H34BrClN8O4S. The number of ether oxygens (including phenoxy) is 1. The number of hydrogen-bond donors (Lipinski definition) is 1. The summed E-state index contributed by atoms with van der Waals surface area (Å²) < 4.78 is 37.1. The first-order valence-corrected chi connectivity index (χ1v) is 16.6. The van der Waals surface area contributed by atoms with Crippen molar-refractivity contribution in [3.63, 3.8) is 0 Å². The van der Waals surface area contributed by atoms with E-state index in [0.717, 1.165) is 28.0 Å². The van der Waals surface area contributed by atoms with E-state index >= 15 is 0 Å². The molecule has 230 valence electrons. The summed E-state index contributed by atoms with van der Waals surface area (Å²) in [7, 11) is 0.816. The van der Waals surface area contributed by atoms with E-state index < -0.39 is 21.9 Å². The van der Waals surface area contributed by atoms with Gasteiger partial charge in [0, 0.05) is 68.2 Å². The number of fused-ring (bicyclic) bond motifs is 4. The predicted molar refractivity (Wildman–Crippen MR) is 170 cm³/mol. The monoisotopic (exact) mass is 692 g/mol. The molecule has 2 aliphatic heterocycles. The van der Waals surface area contributed by atoms with E-state index in [1.54, 1.807) is 4.68 Å². The molecule has 0 radical (unpaired) electrons. The number of anilines is 1. The lowest BCUT2D eigenvalue weighted by molar-refractivity contribution is 0.0492. The average Bonchev–Trinajstić information content (AvgIpc) is 3.54. The van der Waals surface area contributed by atoms with Crippen molar-refractivity contribution in [1.29, 1.82) is 0 Å². The molecule has 43 heavy (non-hydrogen) atoms. The Morgan fingerprint density at radius 2 is 1.79 bits per heavy atom. The van der Waals surface area contributed by atoms with E-state index in [1.165, 1.54) is 24.3 Å². The first-order valence-electron chi connectivity index (χ1n) is 14.1. The SMILES string of the molecule is CN(C)S(=O)(=O)n1cc(-c2ccc3nn(C)cc3c2Cl)c2nc(Br)c(N3C4CCC3CC(NC(=O)OC(C)(C)C)C4)nc21. The van der Waals surface area contributed by atoms with Gasteiger partial charge in [-0.1, -0.05) is 17.7 Å². The first-order chi connectivity index (χ1) is 20.1. The maximum absolute atomic E-state index is 13.5. The zero-order chi connectivity index (χ0) is 31.0. The Labute approximate surface area is 263 Å². The summed E-state index contributed by atoms with van der Waals surface area (Å²) in [4.78, 5) is 24.5. The molecule has 2 saturated heterocycles. The number of nitrogens with zero attached hydrogens (tertiary/aromatic N) is 7. The molecule has 1 N–H and O–H groups in total. The molecule has 2 aliphatic rings. The van der Waals surface area contributed by atoms with Gasteiger partial charge in [0.15, 0.2) is 11.5 Å². The molecule has 0 aliphatic carbocycles. The van der Waals surface area contributed by atoms with Crippen LogP contribution in [0.5, 0.6) is 0 Å². The van der Waals surface area contributed by atoms with E-state index in [-0.39, 0.29) is 23.8 Å². The van der Waals surface area contributed by atoms with Crippen molar-refractivity contribution in [3.8, 4) is 11.1 Å². The number of aromatic nitrogens is 5. The number of alkyl carbamates (subject to hydrolysis) is 1. The van der Waals surface area contributed by atoms with Crippen molar-refractivity contribution in [2.24, 2.45) is 7.05 Å². The summed E-state index contributed by atoms with van der Waals surface area (Å²) in [6.07, 6.45) is 6.21. The van der Waals surface area contributed by atoms with Crippen LogP contribution in [0.2, 0.25) is 5.02 Å². The van der Waals surface area contributed by atoms with E-state index in [0.29, 0.717) is 44.9 Å². The fourth-order valence-corrected chi connectivity index (χ4v) is 7.90. The molecule has 1 aromatic carbocycles. The van der Waals surface area contributed by atoms with Crippen molar-refractivity contribution in [1.82, 2.24) is 33.3 Å². The van der Waals surface area contributed by atoms with Gasteiger partial charge in [-0.05, 0) is 68.5 Å². The molecule has 2 bridgehead atoms. The van der Waals surface area contributed by atoms with Crippen molar-refractivity contribution in [2.75, 3.05) is 19.0 Å². The number of carbonyl (C=O) groups excluding carboxylic acids is 1. The molecular weight excluding hydrogens is 660 g/mol. The molecule has 6 rings (SSSR count). The lowest BCUT2D eigenvalue weighted by atomic mass is 9.97. The highest BCUT2D eigenvalue weighted by molar-refractivity contribution is 9.10. The summed E-state index contributed by atoms with van der Waals surface area (Å²) >= 11 is 10.5. The van der Waals surface area contributed by atoms with Gasteiger partial charge in [0.2, 0.25) is 0 Å². The van der Waals surface area contributed by atoms with Gasteiger partial charge in [-0.15, -0.1) is 0 Å². The maximum atomic E-state index is 13.5. The molecule has 4 aromatic rings. The minimum atomic E-state index is -3.96. The lowest BCUT2D eigenvalue weighted by Crippen LogP contribution is -2.51. The van der Waals surface area contributed by atoms with Crippen LogP contribution in [0, 0.1) is 0 Å². The van der Waals surface area contributed by atoms with Gasteiger partial charge in [0.1, 0.15) is 15.7 Å². The third kappa shape index (κ3) is 5.36. The highest BCUT2D eigenvalue weighted by atomic mass is 79.9. The minimum Gasteiger partial charge on any atom is -0.444 e. The topological polar surface area (TPSA) is 127 Å². The Kier molecular flexibility index (Phi) is 7.42. The Morgan fingerprint density at radius 3 is 2.42 bits per heavy atom. The number of aryl methyl sites for hydroxylation is 1. The Bertz CT molecular complexity index is 1850. The number of piperidine rings is 1. The van der Waals surface area contributed by atoms with Gasteiger partial charge in [0.25, 0.3) is 0 Å². The van der Waals surface area contributed by atoms with E-state index in [9.17, 15) is 13.2 Å². The Hall–Kier alpha value is -2.94. The molecule has 1 amide bonds. The van der Waals surface area contributed by atoms with Crippen LogP contribution in [0.4, 0.5) is 10.6 Å². The van der Waals surface area contributed by atoms with Crippen LogP contribution in [-0.4, -0.2) is 80.4 Å². The minimum absolute atomic E-state index is 0.0341. The van der Waals surface area contributed by atoms with Crippen molar-refractivity contribution in [2.45, 2.75) is 70.2 Å². The van der Waals surface area contributed by atoms with Crippen molar-refractivity contribution in [3.05, 3.63) is 34.2 Å². The second kappa shape index (κ2) is 10.6. The highest BCUT2D eigenvalue weighted by Gasteiger charge is 2.43. The summed E-state index contributed by atoms with van der Waals surface area (Å²) in [5.41, 5.74) is 1.93. The average molecular weight is 694 g/mol. The summed E-state index contributed by atoms with van der Waals surface area (Å²) in [6.45, 7) is 5.52. The molecule has 0 saturated carbocycles. The number of benzene rings is 1. The van der Waals surface area contributed by atoms with Gasteiger partial charge in [-0.25, -0.2) is 18.7 Å². The second-order valence-corrected chi connectivity index (χ2v) is 15.6. The Balaban J connectivity index is 1.42. The van der Waals surface area contributed by atoms with Gasteiger partial charge in [0.05, 0.1) is 10.5 Å². The fraction of sp³-hybridized carbons (Fsp3) is 0.500. The van der Waals surface area contributed by atoms with Gasteiger partial charge in [-0.3, -0.25) is 4.68 Å². The smallest absolute Gasteiger partial charge is 0.407 e. The van der Waals surface area contributed by atoms with Crippen LogP contribution in [0.1, 0.15) is 46.5 Å². The van der Waals surface area contributed by atoms with Crippen LogP contribution in [-0.2, 0) is 22.0 Å². The first kappa shape index (κ1) is 30.1. The number of amides is 1. The predicted octanol–water partition coefficient (Wildman–Crippen LogP) is 5.08. The largest absolute Gasteiger partial charge is 0.444 e. The molecule has 15 heteroatoms. The normalized spacial score (nSPS) is 20.9. The van der Waals surface area contributed by atoms with Crippen LogP contribution in [0.15, 0.2) is 29.1 Å². The summed E-state index contributed by atoms with van der Waals surface area (Å²) in [6, 6.07) is 3.83. The van der Waals surface area contributed by atoms with Gasteiger partial charge < -0.3 is 15.0 Å². The molecule has 5 heterocycles. The van der Waals surface area contributed by atoms with E-state index in [1.807, 2.05) is 46.1 Å². The number of halogens is 2. The lowest BCUT2D eigenvalue weighted by Gasteiger charge is -2.40. The molecule has 3 aromatic heterocycles. The second-order valence-electron chi connectivity index (χ2n) is 12.4.